The molecule has 0 aliphatic rings. The van der Waals surface area contributed by atoms with Crippen molar-refractivity contribution in [1.82, 2.24) is 15.4 Å². The second kappa shape index (κ2) is 6.48. The van der Waals surface area contributed by atoms with Gasteiger partial charge in [-0.25, -0.2) is 9.97 Å². The number of hydrogen-bond acceptors (Lipinski definition) is 4. The molecule has 1 aromatic rings. The van der Waals surface area contributed by atoms with E-state index in [-0.39, 0.29) is 6.04 Å². The molecule has 4 heteroatoms. The lowest BCUT2D eigenvalue weighted by atomic mass is 10.0. The molecule has 0 bridgehead atoms. The second-order valence-electron chi connectivity index (χ2n) is 4.22. The third kappa shape index (κ3) is 4.36. The van der Waals surface area contributed by atoms with Gasteiger partial charge in [0, 0.05) is 24.0 Å². The number of hydrazine groups is 1. The van der Waals surface area contributed by atoms with Gasteiger partial charge in [-0.2, -0.15) is 0 Å². The van der Waals surface area contributed by atoms with Crippen LogP contribution in [0, 0.1) is 5.92 Å². The molecule has 0 aliphatic carbocycles. The van der Waals surface area contributed by atoms with Crippen LogP contribution in [0.15, 0.2) is 18.7 Å². The van der Waals surface area contributed by atoms with E-state index in [9.17, 15) is 0 Å². The first-order chi connectivity index (χ1) is 7.24. The van der Waals surface area contributed by atoms with Crippen LogP contribution in [-0.2, 0) is 0 Å². The topological polar surface area (TPSA) is 63.8 Å². The zero-order valence-corrected chi connectivity index (χ0v) is 9.48. The molecule has 0 amide bonds. The highest BCUT2D eigenvalue weighted by molar-refractivity contribution is 5.08. The van der Waals surface area contributed by atoms with Crippen molar-refractivity contribution >= 4 is 0 Å². The Hall–Kier alpha value is -1.00. The maximum atomic E-state index is 5.52. The van der Waals surface area contributed by atoms with Crippen molar-refractivity contribution in [1.29, 1.82) is 0 Å². The van der Waals surface area contributed by atoms with Crippen LogP contribution < -0.4 is 11.3 Å². The number of rotatable bonds is 6. The van der Waals surface area contributed by atoms with Gasteiger partial charge in [0.05, 0.1) is 0 Å². The summed E-state index contributed by atoms with van der Waals surface area (Å²) in [6.45, 7) is 4.47. The monoisotopic (exact) mass is 208 g/mol. The first kappa shape index (κ1) is 12.1. The van der Waals surface area contributed by atoms with Crippen LogP contribution in [0.4, 0.5) is 0 Å². The minimum absolute atomic E-state index is 0.171. The Morgan fingerprint density at radius 3 is 2.47 bits per heavy atom. The van der Waals surface area contributed by atoms with Crippen LogP contribution >= 0.6 is 0 Å². The summed E-state index contributed by atoms with van der Waals surface area (Å²) >= 11 is 0. The van der Waals surface area contributed by atoms with E-state index < -0.39 is 0 Å². The predicted molar refractivity (Wildman–Crippen MR) is 60.8 cm³/mol. The van der Waals surface area contributed by atoms with Crippen LogP contribution in [0.2, 0.25) is 0 Å². The first-order valence-corrected chi connectivity index (χ1v) is 5.45. The van der Waals surface area contributed by atoms with Gasteiger partial charge in [0.2, 0.25) is 0 Å². The van der Waals surface area contributed by atoms with E-state index in [1.165, 1.54) is 19.2 Å². The molecular weight excluding hydrogens is 188 g/mol. The third-order valence-corrected chi connectivity index (χ3v) is 2.46. The summed E-state index contributed by atoms with van der Waals surface area (Å²) < 4.78 is 0. The molecule has 4 nitrogen and oxygen atoms in total. The molecule has 0 fully saturated rings. The summed E-state index contributed by atoms with van der Waals surface area (Å²) in [6.07, 6.45) is 8.58. The van der Waals surface area contributed by atoms with Gasteiger partial charge in [-0.3, -0.25) is 11.3 Å². The number of nitrogens with zero attached hydrogens (tertiary/aromatic N) is 2. The van der Waals surface area contributed by atoms with Gasteiger partial charge < -0.3 is 0 Å². The van der Waals surface area contributed by atoms with Gasteiger partial charge in [0.25, 0.3) is 0 Å². The highest BCUT2D eigenvalue weighted by atomic mass is 15.2. The molecular formula is C11H20N4. The lowest BCUT2D eigenvalue weighted by Crippen LogP contribution is -2.28. The molecule has 1 atom stereocenters. The fraction of sp³-hybridized carbons (Fsp3) is 0.636. The highest BCUT2D eigenvalue weighted by Gasteiger charge is 2.09. The van der Waals surface area contributed by atoms with Gasteiger partial charge in [-0.05, 0) is 12.3 Å². The molecule has 0 radical (unpaired) electrons. The van der Waals surface area contributed by atoms with E-state index in [1.807, 2.05) is 12.4 Å². The molecule has 15 heavy (non-hydrogen) atoms. The molecule has 0 aliphatic heterocycles. The van der Waals surface area contributed by atoms with E-state index >= 15 is 0 Å². The minimum Gasteiger partial charge on any atom is -0.271 e. The standard InChI is InChI=1S/C11H20N4/c1-9(2)4-3-5-11(15-12)10-6-13-8-14-7-10/h6-9,11,15H,3-5,12H2,1-2H3. The van der Waals surface area contributed by atoms with Crippen molar-refractivity contribution in [3.05, 3.63) is 24.3 Å². The summed E-state index contributed by atoms with van der Waals surface area (Å²) in [6, 6.07) is 0.171. The summed E-state index contributed by atoms with van der Waals surface area (Å²) in [5, 5.41) is 0. The van der Waals surface area contributed by atoms with Gasteiger partial charge in [-0.15, -0.1) is 0 Å². The molecule has 1 unspecified atom stereocenters. The van der Waals surface area contributed by atoms with Gasteiger partial charge in [0.1, 0.15) is 6.33 Å². The van der Waals surface area contributed by atoms with Crippen LogP contribution in [0.3, 0.4) is 0 Å². The minimum atomic E-state index is 0.171. The van der Waals surface area contributed by atoms with Crippen LogP contribution in [0.25, 0.3) is 0 Å². The third-order valence-electron chi connectivity index (χ3n) is 2.46. The van der Waals surface area contributed by atoms with E-state index in [0.717, 1.165) is 17.9 Å². The van der Waals surface area contributed by atoms with E-state index in [1.54, 1.807) is 0 Å². The highest BCUT2D eigenvalue weighted by Crippen LogP contribution is 2.18. The molecule has 0 aromatic carbocycles. The first-order valence-electron chi connectivity index (χ1n) is 5.45. The van der Waals surface area contributed by atoms with Crippen molar-refractivity contribution in [3.63, 3.8) is 0 Å². The zero-order valence-electron chi connectivity index (χ0n) is 9.48. The Morgan fingerprint density at radius 1 is 1.27 bits per heavy atom. The molecule has 3 N–H and O–H groups in total. The molecule has 0 spiro atoms. The number of nitrogens with one attached hydrogen (secondary N) is 1. The number of hydrogen-bond donors (Lipinski definition) is 2. The van der Waals surface area contributed by atoms with E-state index in [0.29, 0.717) is 0 Å². The molecule has 1 rings (SSSR count). The summed E-state index contributed by atoms with van der Waals surface area (Å²) in [7, 11) is 0. The Morgan fingerprint density at radius 2 is 1.93 bits per heavy atom. The van der Waals surface area contributed by atoms with Crippen molar-refractivity contribution < 1.29 is 0 Å². The molecule has 84 valence electrons. The van der Waals surface area contributed by atoms with Crippen LogP contribution in [-0.4, -0.2) is 9.97 Å². The summed E-state index contributed by atoms with van der Waals surface area (Å²) in [5.41, 5.74) is 3.87. The fourth-order valence-electron chi connectivity index (χ4n) is 1.57. The van der Waals surface area contributed by atoms with Gasteiger partial charge >= 0.3 is 0 Å². The van der Waals surface area contributed by atoms with E-state index in [4.69, 9.17) is 5.84 Å². The maximum absolute atomic E-state index is 5.52. The fourth-order valence-corrected chi connectivity index (χ4v) is 1.57. The van der Waals surface area contributed by atoms with Crippen molar-refractivity contribution in [2.75, 3.05) is 0 Å². The van der Waals surface area contributed by atoms with Crippen molar-refractivity contribution in [2.24, 2.45) is 11.8 Å². The molecule has 1 heterocycles. The molecule has 0 saturated heterocycles. The van der Waals surface area contributed by atoms with Gasteiger partial charge in [0.15, 0.2) is 0 Å². The molecule has 0 saturated carbocycles. The smallest absolute Gasteiger partial charge is 0.115 e. The van der Waals surface area contributed by atoms with Crippen LogP contribution in [0.1, 0.15) is 44.7 Å². The van der Waals surface area contributed by atoms with Crippen LogP contribution in [0.5, 0.6) is 0 Å². The number of nitrogens with two attached hydrogens (primary N) is 1. The quantitative estimate of drug-likeness (QED) is 0.553. The Kier molecular flexibility index (Phi) is 5.21. The Balaban J connectivity index is 2.43. The number of aromatic nitrogens is 2. The average Bonchev–Trinajstić information content (AvgIpc) is 2.25. The van der Waals surface area contributed by atoms with Crippen molar-refractivity contribution in [2.45, 2.75) is 39.2 Å². The van der Waals surface area contributed by atoms with Crippen molar-refractivity contribution in [3.8, 4) is 0 Å². The molecule has 1 aromatic heterocycles. The lowest BCUT2D eigenvalue weighted by molar-refractivity contribution is 0.453. The van der Waals surface area contributed by atoms with E-state index in [2.05, 4.69) is 29.2 Å². The predicted octanol–water partition coefficient (Wildman–Crippen LogP) is 1.81. The second-order valence-corrected chi connectivity index (χ2v) is 4.22. The Labute approximate surface area is 91.3 Å². The zero-order chi connectivity index (χ0) is 11.1. The summed E-state index contributed by atoms with van der Waals surface area (Å²) in [4.78, 5) is 7.98. The SMILES string of the molecule is CC(C)CCCC(NN)c1cncnc1. The van der Waals surface area contributed by atoms with Gasteiger partial charge in [-0.1, -0.05) is 26.7 Å². The normalized spacial score (nSPS) is 13.1. The summed E-state index contributed by atoms with van der Waals surface area (Å²) in [5.74, 6) is 6.26. The average molecular weight is 208 g/mol. The Bertz CT molecular complexity index is 261. The largest absolute Gasteiger partial charge is 0.271 e. The lowest BCUT2D eigenvalue weighted by Gasteiger charge is -2.15. The maximum Gasteiger partial charge on any atom is 0.115 e.